The zero-order valence-electron chi connectivity index (χ0n) is 31.4. The summed E-state index contributed by atoms with van der Waals surface area (Å²) in [5.74, 6) is 3.11. The summed E-state index contributed by atoms with van der Waals surface area (Å²) in [7, 11) is 0. The highest BCUT2D eigenvalue weighted by Crippen LogP contribution is 2.56. The van der Waals surface area contributed by atoms with E-state index in [0.717, 1.165) is 17.8 Å². The van der Waals surface area contributed by atoms with Gasteiger partial charge in [0.25, 0.3) is 0 Å². The standard InChI is InChI=1S/C52H51N/c1-52(2)48-23-13-11-22-44(48)46-33-47(43-21-10-9-19-41(43)36-15-5-3-6-16-36)51(34-49(46)52)53(50-24-14-12-20-42(50)37-17-7-4-8-18-37)40-29-27-38(28-30-40)45-32-35-25-26-39(45)31-35/h3,5-6,9-16,19-24,27-30,33-35,37,39,45H,4,7-8,17-18,25-26,31-32H2,1-2H3. The highest BCUT2D eigenvalue weighted by atomic mass is 15.1. The molecular weight excluding hydrogens is 639 g/mol. The van der Waals surface area contributed by atoms with Crippen molar-refractivity contribution < 1.29 is 0 Å². The lowest BCUT2D eigenvalue weighted by Gasteiger charge is -2.34. The monoisotopic (exact) mass is 689 g/mol. The van der Waals surface area contributed by atoms with E-state index in [2.05, 4.69) is 158 Å². The number of rotatable bonds is 7. The number of hydrogen-bond donors (Lipinski definition) is 0. The van der Waals surface area contributed by atoms with E-state index in [1.54, 1.807) is 5.56 Å². The Morgan fingerprint density at radius 3 is 1.96 bits per heavy atom. The first-order chi connectivity index (χ1) is 26.0. The fourth-order valence-corrected chi connectivity index (χ4v) is 11.1. The minimum Gasteiger partial charge on any atom is -0.310 e. The number of hydrogen-bond acceptors (Lipinski definition) is 1. The first-order valence-electron chi connectivity index (χ1n) is 20.5. The minimum absolute atomic E-state index is 0.113. The minimum atomic E-state index is -0.113. The molecule has 3 saturated carbocycles. The summed E-state index contributed by atoms with van der Waals surface area (Å²) in [4.78, 5) is 2.66. The second-order valence-electron chi connectivity index (χ2n) is 17.1. The fraction of sp³-hybridized carbons (Fsp3) is 0.308. The van der Waals surface area contributed by atoms with Gasteiger partial charge in [-0.1, -0.05) is 149 Å². The molecule has 0 aromatic heterocycles. The van der Waals surface area contributed by atoms with Gasteiger partial charge in [0.15, 0.2) is 0 Å². The first kappa shape index (κ1) is 32.7. The van der Waals surface area contributed by atoms with E-state index in [9.17, 15) is 0 Å². The van der Waals surface area contributed by atoms with Crippen molar-refractivity contribution in [3.8, 4) is 33.4 Å². The van der Waals surface area contributed by atoms with E-state index in [1.807, 2.05) is 0 Å². The highest BCUT2D eigenvalue weighted by Gasteiger charge is 2.41. The summed E-state index contributed by atoms with van der Waals surface area (Å²) in [5.41, 5.74) is 17.4. The molecule has 3 fully saturated rings. The van der Waals surface area contributed by atoms with Crippen LogP contribution >= 0.6 is 0 Å². The zero-order chi connectivity index (χ0) is 35.5. The molecule has 0 aliphatic heterocycles. The number of anilines is 3. The summed E-state index contributed by atoms with van der Waals surface area (Å²) >= 11 is 0. The Morgan fingerprint density at radius 2 is 1.21 bits per heavy atom. The predicted octanol–water partition coefficient (Wildman–Crippen LogP) is 14.7. The molecule has 4 aliphatic carbocycles. The first-order valence-corrected chi connectivity index (χ1v) is 20.5. The van der Waals surface area contributed by atoms with Gasteiger partial charge in [-0.15, -0.1) is 0 Å². The van der Waals surface area contributed by atoms with Crippen LogP contribution in [0.2, 0.25) is 0 Å². The Bertz CT molecular complexity index is 2270. The SMILES string of the molecule is CC1(C)c2ccccc2-c2cc(-c3ccccc3-c3ccccc3)c(N(c3ccc(C4CC5CCC4C5)cc3)c3ccccc3C3CCCCC3)cc21. The Labute approximate surface area is 316 Å². The lowest BCUT2D eigenvalue weighted by molar-refractivity contribution is 0.420. The van der Waals surface area contributed by atoms with E-state index in [0.29, 0.717) is 5.92 Å². The third kappa shape index (κ3) is 5.58. The molecule has 0 radical (unpaired) electrons. The molecule has 0 amide bonds. The van der Waals surface area contributed by atoms with Crippen molar-refractivity contribution >= 4 is 17.1 Å². The van der Waals surface area contributed by atoms with Crippen LogP contribution in [0.5, 0.6) is 0 Å². The maximum Gasteiger partial charge on any atom is 0.0543 e. The van der Waals surface area contributed by atoms with E-state index < -0.39 is 0 Å². The average Bonchev–Trinajstić information content (AvgIpc) is 3.92. The molecule has 0 saturated heterocycles. The maximum absolute atomic E-state index is 2.66. The molecule has 0 N–H and O–H groups in total. The molecule has 10 rings (SSSR count). The highest BCUT2D eigenvalue weighted by molar-refractivity contribution is 5.98. The van der Waals surface area contributed by atoms with Gasteiger partial charge in [-0.05, 0) is 136 Å². The van der Waals surface area contributed by atoms with Gasteiger partial charge in [0.05, 0.1) is 5.69 Å². The van der Waals surface area contributed by atoms with Gasteiger partial charge in [-0.25, -0.2) is 0 Å². The molecular formula is C52H51N. The van der Waals surface area contributed by atoms with E-state index >= 15 is 0 Å². The lowest BCUT2D eigenvalue weighted by atomic mass is 9.81. The summed E-state index contributed by atoms with van der Waals surface area (Å²) in [5, 5.41) is 0. The van der Waals surface area contributed by atoms with Gasteiger partial charge in [0.1, 0.15) is 0 Å². The summed E-state index contributed by atoms with van der Waals surface area (Å²) < 4.78 is 0. The Kier molecular flexibility index (Phi) is 8.16. The van der Waals surface area contributed by atoms with Crippen LogP contribution in [0.25, 0.3) is 33.4 Å². The molecule has 0 spiro atoms. The quantitative estimate of drug-likeness (QED) is 0.161. The largest absolute Gasteiger partial charge is 0.310 e. The maximum atomic E-state index is 2.66. The summed E-state index contributed by atoms with van der Waals surface area (Å²) in [6, 6.07) is 53.5. The Hall–Kier alpha value is -4.88. The van der Waals surface area contributed by atoms with E-state index in [1.165, 1.54) is 125 Å². The van der Waals surface area contributed by atoms with Crippen LogP contribution in [-0.4, -0.2) is 0 Å². The van der Waals surface area contributed by atoms with Crippen molar-refractivity contribution in [3.63, 3.8) is 0 Å². The van der Waals surface area contributed by atoms with Crippen LogP contribution in [0.1, 0.15) is 106 Å². The molecule has 6 aromatic carbocycles. The van der Waals surface area contributed by atoms with Crippen LogP contribution < -0.4 is 4.90 Å². The van der Waals surface area contributed by atoms with Gasteiger partial charge in [-0.2, -0.15) is 0 Å². The van der Waals surface area contributed by atoms with Crippen molar-refractivity contribution in [2.24, 2.45) is 11.8 Å². The zero-order valence-corrected chi connectivity index (χ0v) is 31.4. The molecule has 264 valence electrons. The Balaban J connectivity index is 1.23. The van der Waals surface area contributed by atoms with Crippen molar-refractivity contribution in [1.29, 1.82) is 0 Å². The van der Waals surface area contributed by atoms with Crippen LogP contribution in [0.15, 0.2) is 140 Å². The van der Waals surface area contributed by atoms with Crippen LogP contribution in [0, 0.1) is 11.8 Å². The molecule has 1 heteroatoms. The summed E-state index contributed by atoms with van der Waals surface area (Å²) in [6.07, 6.45) is 12.2. The molecule has 2 bridgehead atoms. The fourth-order valence-electron chi connectivity index (χ4n) is 11.1. The molecule has 6 aromatic rings. The number of fused-ring (bicyclic) bond motifs is 5. The van der Waals surface area contributed by atoms with Crippen LogP contribution in [0.3, 0.4) is 0 Å². The van der Waals surface area contributed by atoms with Crippen molar-refractivity contribution in [3.05, 3.63) is 162 Å². The van der Waals surface area contributed by atoms with Gasteiger partial charge in [0.2, 0.25) is 0 Å². The van der Waals surface area contributed by atoms with Crippen LogP contribution in [-0.2, 0) is 5.41 Å². The molecule has 53 heavy (non-hydrogen) atoms. The van der Waals surface area contributed by atoms with Gasteiger partial charge >= 0.3 is 0 Å². The van der Waals surface area contributed by atoms with Crippen molar-refractivity contribution in [2.75, 3.05) is 4.90 Å². The number of benzene rings is 6. The summed E-state index contributed by atoms with van der Waals surface area (Å²) in [6.45, 7) is 4.84. The normalized spacial score (nSPS) is 21.4. The van der Waals surface area contributed by atoms with Gasteiger partial charge in [0, 0.05) is 22.4 Å². The van der Waals surface area contributed by atoms with Gasteiger partial charge in [-0.3, -0.25) is 0 Å². The number of para-hydroxylation sites is 1. The molecule has 1 nitrogen and oxygen atoms in total. The average molecular weight is 690 g/mol. The topological polar surface area (TPSA) is 3.24 Å². The van der Waals surface area contributed by atoms with Gasteiger partial charge < -0.3 is 4.90 Å². The molecule has 3 unspecified atom stereocenters. The van der Waals surface area contributed by atoms with Crippen molar-refractivity contribution in [2.45, 2.75) is 88.9 Å². The number of nitrogens with zero attached hydrogens (tertiary/aromatic N) is 1. The van der Waals surface area contributed by atoms with Crippen LogP contribution in [0.4, 0.5) is 17.1 Å². The molecule has 0 heterocycles. The van der Waals surface area contributed by atoms with E-state index in [4.69, 9.17) is 0 Å². The third-order valence-electron chi connectivity index (χ3n) is 13.8. The Morgan fingerprint density at radius 1 is 0.509 bits per heavy atom. The smallest absolute Gasteiger partial charge is 0.0543 e. The second kappa shape index (κ2) is 13.2. The molecule has 4 aliphatic rings. The van der Waals surface area contributed by atoms with Crippen molar-refractivity contribution in [1.82, 2.24) is 0 Å². The second-order valence-corrected chi connectivity index (χ2v) is 17.1. The van der Waals surface area contributed by atoms with E-state index in [-0.39, 0.29) is 5.41 Å². The third-order valence-corrected chi connectivity index (χ3v) is 13.8. The lowest BCUT2D eigenvalue weighted by Crippen LogP contribution is -2.19. The predicted molar refractivity (Wildman–Crippen MR) is 224 cm³/mol. The molecule has 3 atom stereocenters.